The largest absolute Gasteiger partial charge is 0.316 e. The molecule has 1 aromatic heterocycles. The highest BCUT2D eigenvalue weighted by Crippen LogP contribution is 2.24. The van der Waals surface area contributed by atoms with Crippen molar-refractivity contribution < 1.29 is 0 Å². The van der Waals surface area contributed by atoms with Crippen LogP contribution in [0.4, 0.5) is 0 Å². The maximum absolute atomic E-state index is 4.69. The molecule has 19 heavy (non-hydrogen) atoms. The number of rotatable bonds is 7. The summed E-state index contributed by atoms with van der Waals surface area (Å²) >= 11 is 1.77. The summed E-state index contributed by atoms with van der Waals surface area (Å²) in [5.74, 6) is 0.732. The summed E-state index contributed by atoms with van der Waals surface area (Å²) in [7, 11) is 0. The molecule has 2 nitrogen and oxygen atoms in total. The van der Waals surface area contributed by atoms with Gasteiger partial charge >= 0.3 is 0 Å². The van der Waals surface area contributed by atoms with E-state index in [9.17, 15) is 0 Å². The normalized spacial score (nSPS) is 12.7. The zero-order chi connectivity index (χ0) is 14.3. The Morgan fingerprint density at radius 1 is 1.32 bits per heavy atom. The summed E-state index contributed by atoms with van der Waals surface area (Å²) in [6.45, 7) is 13.3. The van der Waals surface area contributed by atoms with Crippen LogP contribution in [0.2, 0.25) is 0 Å². The lowest BCUT2D eigenvalue weighted by Crippen LogP contribution is -2.20. The van der Waals surface area contributed by atoms with Gasteiger partial charge in [-0.25, -0.2) is 4.98 Å². The van der Waals surface area contributed by atoms with Gasteiger partial charge in [-0.15, -0.1) is 11.3 Å². The van der Waals surface area contributed by atoms with Gasteiger partial charge in [0.1, 0.15) is 0 Å². The molecule has 0 unspecified atom stereocenters. The number of nitrogens with zero attached hydrogens (tertiary/aromatic N) is 1. The number of aromatic nitrogens is 1. The molecule has 0 aromatic carbocycles. The average Bonchev–Trinajstić information content (AvgIpc) is 2.75. The van der Waals surface area contributed by atoms with Crippen LogP contribution in [0, 0.1) is 5.92 Å². The van der Waals surface area contributed by atoms with Crippen LogP contribution in [-0.2, 0) is 11.8 Å². The van der Waals surface area contributed by atoms with E-state index in [2.05, 4.69) is 57.5 Å². The van der Waals surface area contributed by atoms with Crippen molar-refractivity contribution >= 4 is 11.3 Å². The molecule has 1 heterocycles. The highest BCUT2D eigenvalue weighted by molar-refractivity contribution is 7.09. The molecule has 0 aliphatic heterocycles. The van der Waals surface area contributed by atoms with E-state index in [1.165, 1.54) is 10.7 Å². The first-order valence-corrected chi connectivity index (χ1v) is 8.08. The van der Waals surface area contributed by atoms with Gasteiger partial charge < -0.3 is 5.32 Å². The summed E-state index contributed by atoms with van der Waals surface area (Å²) in [5.41, 5.74) is 1.37. The molecule has 3 heteroatoms. The molecule has 0 saturated heterocycles. The van der Waals surface area contributed by atoms with E-state index in [-0.39, 0.29) is 5.41 Å². The van der Waals surface area contributed by atoms with E-state index in [1.807, 2.05) is 0 Å². The Morgan fingerprint density at radius 3 is 2.63 bits per heavy atom. The molecule has 1 rings (SSSR count). The Balaban J connectivity index is 2.23. The molecule has 0 fully saturated rings. The zero-order valence-corrected chi connectivity index (χ0v) is 13.8. The van der Waals surface area contributed by atoms with Gasteiger partial charge in [0.2, 0.25) is 0 Å². The number of allylic oxidation sites excluding steroid dienone is 1. The quantitative estimate of drug-likeness (QED) is 0.599. The Morgan fingerprint density at radius 2 is 2.05 bits per heavy atom. The fourth-order valence-electron chi connectivity index (χ4n) is 1.63. The van der Waals surface area contributed by atoms with Gasteiger partial charge in [-0.2, -0.15) is 0 Å². The predicted octanol–water partition coefficient (Wildman–Crippen LogP) is 4.18. The zero-order valence-electron chi connectivity index (χ0n) is 13.0. The lowest BCUT2D eigenvalue weighted by Gasteiger charge is -2.14. The third-order valence-corrected chi connectivity index (χ3v) is 3.69. The molecule has 0 bridgehead atoms. The highest BCUT2D eigenvalue weighted by atomic mass is 32.1. The lowest BCUT2D eigenvalue weighted by molar-refractivity contribution is 0.556. The Labute approximate surface area is 122 Å². The average molecular weight is 280 g/mol. The van der Waals surface area contributed by atoms with E-state index in [4.69, 9.17) is 4.98 Å². The first-order chi connectivity index (χ1) is 8.89. The van der Waals surface area contributed by atoms with E-state index in [0.717, 1.165) is 31.8 Å². The van der Waals surface area contributed by atoms with Gasteiger partial charge in [0.15, 0.2) is 0 Å². The van der Waals surface area contributed by atoms with Crippen molar-refractivity contribution in [3.63, 3.8) is 0 Å². The minimum absolute atomic E-state index is 0.166. The van der Waals surface area contributed by atoms with Gasteiger partial charge in [-0.3, -0.25) is 0 Å². The fourth-order valence-corrected chi connectivity index (χ4v) is 2.62. The number of hydrogen-bond acceptors (Lipinski definition) is 3. The van der Waals surface area contributed by atoms with Crippen LogP contribution in [0.5, 0.6) is 0 Å². The van der Waals surface area contributed by atoms with Crippen molar-refractivity contribution in [2.24, 2.45) is 5.92 Å². The molecule has 0 atom stereocenters. The van der Waals surface area contributed by atoms with Crippen LogP contribution in [0.3, 0.4) is 0 Å². The van der Waals surface area contributed by atoms with E-state index >= 15 is 0 Å². The predicted molar refractivity (Wildman–Crippen MR) is 86.0 cm³/mol. The van der Waals surface area contributed by atoms with Crippen LogP contribution in [0.15, 0.2) is 17.5 Å². The molecular weight excluding hydrogens is 252 g/mol. The maximum atomic E-state index is 4.69. The molecule has 0 spiro atoms. The fraction of sp³-hybridized carbons (Fsp3) is 0.688. The van der Waals surface area contributed by atoms with E-state index < -0.39 is 0 Å². The molecular formula is C16H28N2S. The molecule has 0 aliphatic rings. The summed E-state index contributed by atoms with van der Waals surface area (Å²) in [6, 6.07) is 0. The molecule has 1 aromatic rings. The van der Waals surface area contributed by atoms with Gasteiger partial charge in [0.25, 0.3) is 0 Å². The second-order valence-electron chi connectivity index (χ2n) is 6.44. The standard InChI is InChI=1S/C16H28N2S/c1-13(2)11-17-10-8-6-7-9-15-18-14(12-19-15)16(3,4)5/h6-7,12-13,17H,8-11H2,1-5H3. The molecule has 0 radical (unpaired) electrons. The minimum Gasteiger partial charge on any atom is -0.316 e. The van der Waals surface area contributed by atoms with Crippen LogP contribution in [0.25, 0.3) is 0 Å². The van der Waals surface area contributed by atoms with Crippen LogP contribution in [-0.4, -0.2) is 18.1 Å². The van der Waals surface area contributed by atoms with Gasteiger partial charge in [0.05, 0.1) is 10.7 Å². The van der Waals surface area contributed by atoms with Crippen molar-refractivity contribution in [3.8, 4) is 0 Å². The molecule has 0 saturated carbocycles. The summed E-state index contributed by atoms with van der Waals surface area (Å²) in [4.78, 5) is 4.69. The monoisotopic (exact) mass is 280 g/mol. The number of thiazole rings is 1. The van der Waals surface area contributed by atoms with Crippen molar-refractivity contribution in [1.29, 1.82) is 0 Å². The number of hydrogen-bond donors (Lipinski definition) is 1. The molecule has 0 amide bonds. The van der Waals surface area contributed by atoms with Crippen molar-refractivity contribution in [2.75, 3.05) is 13.1 Å². The van der Waals surface area contributed by atoms with Gasteiger partial charge in [-0.1, -0.05) is 46.8 Å². The Hall–Kier alpha value is -0.670. The third-order valence-electron chi connectivity index (χ3n) is 2.82. The molecule has 108 valence electrons. The van der Waals surface area contributed by atoms with Crippen molar-refractivity contribution in [2.45, 2.75) is 52.9 Å². The minimum atomic E-state index is 0.166. The first kappa shape index (κ1) is 16.4. The Kier molecular flexibility index (Phi) is 6.73. The van der Waals surface area contributed by atoms with Crippen molar-refractivity contribution in [1.82, 2.24) is 10.3 Å². The van der Waals surface area contributed by atoms with Crippen LogP contribution < -0.4 is 5.32 Å². The highest BCUT2D eigenvalue weighted by Gasteiger charge is 2.16. The molecule has 1 N–H and O–H groups in total. The smallest absolute Gasteiger partial charge is 0.0966 e. The van der Waals surface area contributed by atoms with Crippen LogP contribution in [0.1, 0.15) is 51.7 Å². The maximum Gasteiger partial charge on any atom is 0.0966 e. The second-order valence-corrected chi connectivity index (χ2v) is 7.38. The van der Waals surface area contributed by atoms with Gasteiger partial charge in [0, 0.05) is 17.2 Å². The SMILES string of the molecule is CC(C)CNCCC=CCc1nc(C(C)(C)C)cs1. The van der Waals surface area contributed by atoms with Gasteiger partial charge in [-0.05, 0) is 25.4 Å². The summed E-state index contributed by atoms with van der Waals surface area (Å²) in [5, 5.41) is 6.85. The van der Waals surface area contributed by atoms with Crippen molar-refractivity contribution in [3.05, 3.63) is 28.2 Å². The van der Waals surface area contributed by atoms with E-state index in [0.29, 0.717) is 0 Å². The summed E-state index contributed by atoms with van der Waals surface area (Å²) < 4.78 is 0. The third kappa shape index (κ3) is 6.88. The van der Waals surface area contributed by atoms with E-state index in [1.54, 1.807) is 11.3 Å². The molecule has 0 aliphatic carbocycles. The topological polar surface area (TPSA) is 24.9 Å². The Bertz CT molecular complexity index is 386. The summed E-state index contributed by atoms with van der Waals surface area (Å²) in [6.07, 6.45) is 6.56. The van der Waals surface area contributed by atoms with Crippen LogP contribution >= 0.6 is 11.3 Å². The second kappa shape index (κ2) is 7.81. The lowest BCUT2D eigenvalue weighted by atomic mass is 9.93. The first-order valence-electron chi connectivity index (χ1n) is 7.20. The number of nitrogens with one attached hydrogen (secondary N) is 1.